The number of rotatable bonds is 5. The van der Waals surface area contributed by atoms with Crippen molar-refractivity contribution in [1.82, 2.24) is 10.6 Å². The van der Waals surface area contributed by atoms with Crippen LogP contribution < -0.4 is 10.6 Å². The van der Waals surface area contributed by atoms with Crippen LogP contribution in [0.3, 0.4) is 0 Å². The Kier molecular flexibility index (Phi) is 4.93. The van der Waals surface area contributed by atoms with Crippen molar-refractivity contribution in [1.29, 1.82) is 0 Å². The lowest BCUT2D eigenvalue weighted by Gasteiger charge is -2.14. The number of aliphatic carboxylic acids is 1. The maximum absolute atomic E-state index is 11.7. The van der Waals surface area contributed by atoms with Crippen molar-refractivity contribution < 1.29 is 14.7 Å². The summed E-state index contributed by atoms with van der Waals surface area (Å²) in [5.41, 5.74) is 0. The molecule has 1 atom stereocenters. The molecule has 5 nitrogen and oxygen atoms in total. The molecule has 2 heterocycles. The first kappa shape index (κ1) is 14.0. The molecule has 2 rings (SSSR count). The quantitative estimate of drug-likeness (QED) is 0.756. The molecular formula is C13H18N2O3S. The van der Waals surface area contributed by atoms with Gasteiger partial charge in [0.15, 0.2) is 0 Å². The number of amides is 1. The van der Waals surface area contributed by atoms with Gasteiger partial charge in [-0.25, -0.2) is 0 Å². The Morgan fingerprint density at radius 3 is 3.00 bits per heavy atom. The third kappa shape index (κ3) is 4.33. The molecule has 1 aromatic heterocycles. The van der Waals surface area contributed by atoms with Crippen LogP contribution in [0.25, 0.3) is 0 Å². The summed E-state index contributed by atoms with van der Waals surface area (Å²) in [5.74, 6) is -0.746. The average molecular weight is 282 g/mol. The smallest absolute Gasteiger partial charge is 0.308 e. The van der Waals surface area contributed by atoms with Crippen molar-refractivity contribution in [2.45, 2.75) is 38.3 Å². The number of carboxylic acids is 1. The molecule has 3 N–H and O–H groups in total. The summed E-state index contributed by atoms with van der Waals surface area (Å²) < 4.78 is 0. The molecular weight excluding hydrogens is 264 g/mol. The largest absolute Gasteiger partial charge is 0.481 e. The predicted molar refractivity (Wildman–Crippen MR) is 73.1 cm³/mol. The van der Waals surface area contributed by atoms with Crippen molar-refractivity contribution in [2.75, 3.05) is 6.54 Å². The maximum atomic E-state index is 11.7. The van der Waals surface area contributed by atoms with Crippen LogP contribution >= 0.6 is 11.3 Å². The number of thiophene rings is 1. The highest BCUT2D eigenvalue weighted by Crippen LogP contribution is 2.17. The molecule has 1 fully saturated rings. The monoisotopic (exact) mass is 282 g/mol. The van der Waals surface area contributed by atoms with Crippen molar-refractivity contribution in [2.24, 2.45) is 0 Å². The van der Waals surface area contributed by atoms with Gasteiger partial charge >= 0.3 is 5.97 Å². The lowest BCUT2D eigenvalue weighted by atomic mass is 10.1. The number of carbonyl (C=O) groups excluding carboxylic acids is 1. The van der Waals surface area contributed by atoms with Gasteiger partial charge in [-0.3, -0.25) is 9.59 Å². The minimum absolute atomic E-state index is 0.0641. The van der Waals surface area contributed by atoms with Crippen molar-refractivity contribution >= 4 is 23.2 Å². The van der Waals surface area contributed by atoms with E-state index in [9.17, 15) is 9.59 Å². The van der Waals surface area contributed by atoms with Gasteiger partial charge in [0.1, 0.15) is 0 Å². The molecule has 1 unspecified atom stereocenters. The van der Waals surface area contributed by atoms with Gasteiger partial charge in [0.05, 0.1) is 12.5 Å². The summed E-state index contributed by atoms with van der Waals surface area (Å²) in [4.78, 5) is 24.2. The topological polar surface area (TPSA) is 78.4 Å². The summed E-state index contributed by atoms with van der Waals surface area (Å²) in [5, 5.41) is 14.8. The van der Waals surface area contributed by atoms with E-state index in [0.717, 1.165) is 35.6 Å². The van der Waals surface area contributed by atoms with Crippen LogP contribution in [-0.2, 0) is 22.6 Å². The van der Waals surface area contributed by atoms with E-state index in [1.54, 1.807) is 0 Å². The molecule has 1 aliphatic rings. The Morgan fingerprint density at radius 1 is 1.42 bits per heavy atom. The molecule has 1 aliphatic heterocycles. The van der Waals surface area contributed by atoms with E-state index < -0.39 is 5.97 Å². The minimum Gasteiger partial charge on any atom is -0.481 e. The van der Waals surface area contributed by atoms with E-state index >= 15 is 0 Å². The fraction of sp³-hybridized carbons (Fsp3) is 0.538. The van der Waals surface area contributed by atoms with E-state index in [0.29, 0.717) is 6.54 Å². The number of hydrogen-bond acceptors (Lipinski definition) is 4. The molecule has 19 heavy (non-hydrogen) atoms. The fourth-order valence-electron chi connectivity index (χ4n) is 2.12. The Balaban J connectivity index is 1.85. The minimum atomic E-state index is -0.815. The summed E-state index contributed by atoms with van der Waals surface area (Å²) >= 11 is 1.48. The highest BCUT2D eigenvalue weighted by Gasteiger charge is 2.19. The molecule has 1 aromatic rings. The number of carbonyl (C=O) groups is 2. The van der Waals surface area contributed by atoms with Crippen molar-refractivity contribution in [3.8, 4) is 0 Å². The lowest BCUT2D eigenvalue weighted by Crippen LogP contribution is -2.42. The molecule has 0 aromatic carbocycles. The van der Waals surface area contributed by atoms with Gasteiger partial charge < -0.3 is 15.7 Å². The molecule has 0 radical (unpaired) electrons. The van der Waals surface area contributed by atoms with Crippen LogP contribution in [0.4, 0.5) is 0 Å². The van der Waals surface area contributed by atoms with Gasteiger partial charge in [-0.2, -0.15) is 0 Å². The first-order chi connectivity index (χ1) is 9.15. The first-order valence-electron chi connectivity index (χ1n) is 6.45. The highest BCUT2D eigenvalue weighted by molar-refractivity contribution is 7.12. The first-order valence-corrected chi connectivity index (χ1v) is 7.27. The van der Waals surface area contributed by atoms with E-state index in [4.69, 9.17) is 5.11 Å². The zero-order valence-corrected chi connectivity index (χ0v) is 11.5. The third-order valence-corrected chi connectivity index (χ3v) is 4.19. The van der Waals surface area contributed by atoms with Crippen LogP contribution in [-0.4, -0.2) is 29.6 Å². The molecule has 0 spiro atoms. The molecule has 0 bridgehead atoms. The molecule has 104 valence electrons. The maximum Gasteiger partial charge on any atom is 0.308 e. The Hall–Kier alpha value is -1.40. The van der Waals surface area contributed by atoms with Gasteiger partial charge in [0.2, 0.25) is 5.91 Å². The average Bonchev–Trinajstić information content (AvgIpc) is 2.68. The van der Waals surface area contributed by atoms with Gasteiger partial charge in [0.25, 0.3) is 0 Å². The van der Waals surface area contributed by atoms with E-state index in [1.807, 2.05) is 12.1 Å². The van der Waals surface area contributed by atoms with Gasteiger partial charge in [-0.05, 0) is 31.4 Å². The lowest BCUT2D eigenvalue weighted by molar-refractivity contribution is -0.136. The summed E-state index contributed by atoms with van der Waals surface area (Å²) in [7, 11) is 0. The van der Waals surface area contributed by atoms with Crippen LogP contribution in [0.2, 0.25) is 0 Å². The number of nitrogens with one attached hydrogen (secondary N) is 2. The second kappa shape index (κ2) is 6.68. The van der Waals surface area contributed by atoms with E-state index in [-0.39, 0.29) is 18.4 Å². The zero-order valence-electron chi connectivity index (χ0n) is 10.6. The normalized spacial score (nSPS) is 19.8. The standard InChI is InChI=1S/C13H18N2O3S/c16-12(17)7-9-4-5-10(19-9)8-15-11-3-1-2-6-14-13(11)18/h4-5,11,15H,1-3,6-8H2,(H,14,18)(H,16,17). The number of hydrogen-bond donors (Lipinski definition) is 3. The van der Waals surface area contributed by atoms with E-state index in [1.165, 1.54) is 11.3 Å². The van der Waals surface area contributed by atoms with Gasteiger partial charge in [-0.15, -0.1) is 11.3 Å². The molecule has 0 aliphatic carbocycles. The van der Waals surface area contributed by atoms with Crippen LogP contribution in [0.5, 0.6) is 0 Å². The Bertz CT molecular complexity index is 458. The molecule has 0 saturated carbocycles. The highest BCUT2D eigenvalue weighted by atomic mass is 32.1. The second-order valence-corrected chi connectivity index (χ2v) is 5.91. The predicted octanol–water partition coefficient (Wildman–Crippen LogP) is 1.13. The summed E-state index contributed by atoms with van der Waals surface area (Å²) in [6, 6.07) is 3.63. The molecule has 1 saturated heterocycles. The van der Waals surface area contributed by atoms with Gasteiger partial charge in [0, 0.05) is 22.8 Å². The van der Waals surface area contributed by atoms with Crippen LogP contribution in [0.1, 0.15) is 29.0 Å². The Labute approximate surface area is 116 Å². The summed E-state index contributed by atoms with van der Waals surface area (Å²) in [6.07, 6.45) is 3.00. The molecule has 6 heteroatoms. The summed E-state index contributed by atoms with van der Waals surface area (Å²) in [6.45, 7) is 1.38. The number of carboxylic acid groups (broad SMARTS) is 1. The second-order valence-electron chi connectivity index (χ2n) is 4.66. The van der Waals surface area contributed by atoms with Gasteiger partial charge in [-0.1, -0.05) is 0 Å². The fourth-order valence-corrected chi connectivity index (χ4v) is 3.08. The SMILES string of the molecule is O=C(O)Cc1ccc(CNC2CCCCNC2=O)s1. The Morgan fingerprint density at radius 2 is 2.21 bits per heavy atom. The van der Waals surface area contributed by atoms with E-state index in [2.05, 4.69) is 10.6 Å². The van der Waals surface area contributed by atoms with Crippen LogP contribution in [0.15, 0.2) is 12.1 Å². The van der Waals surface area contributed by atoms with Crippen molar-refractivity contribution in [3.63, 3.8) is 0 Å². The third-order valence-electron chi connectivity index (χ3n) is 3.10. The van der Waals surface area contributed by atoms with Crippen LogP contribution in [0, 0.1) is 0 Å². The zero-order chi connectivity index (χ0) is 13.7. The van der Waals surface area contributed by atoms with Crippen molar-refractivity contribution in [3.05, 3.63) is 21.9 Å². The molecule has 1 amide bonds.